The average Bonchev–Trinajstić information content (AvgIpc) is 2.34. The van der Waals surface area contributed by atoms with Gasteiger partial charge < -0.3 is 5.73 Å². The largest absolute Gasteiger partial charge is 0.329 e. The summed E-state index contributed by atoms with van der Waals surface area (Å²) >= 11 is 0. The van der Waals surface area contributed by atoms with Gasteiger partial charge in [0.25, 0.3) is 0 Å². The zero-order valence-electron chi connectivity index (χ0n) is 11.9. The molecule has 0 aliphatic carbocycles. The minimum atomic E-state index is -0.0000515. The van der Waals surface area contributed by atoms with Crippen molar-refractivity contribution in [3.05, 3.63) is 0 Å². The highest BCUT2D eigenvalue weighted by molar-refractivity contribution is 5.02. The molecular weight excluding hydrogens is 208 g/mol. The van der Waals surface area contributed by atoms with Gasteiger partial charge in [0.05, 0.1) is 6.04 Å². The molecular formula is C15H30N2. The van der Waals surface area contributed by atoms with E-state index >= 15 is 0 Å². The molecule has 0 rings (SSSR count). The maximum Gasteiger partial charge on any atom is 0.0691 e. The Morgan fingerprint density at radius 3 is 2.41 bits per heavy atom. The van der Waals surface area contributed by atoms with Gasteiger partial charge in [0.1, 0.15) is 0 Å². The summed E-state index contributed by atoms with van der Waals surface area (Å²) in [5.41, 5.74) is 5.89. The van der Waals surface area contributed by atoms with Crippen LogP contribution in [0.4, 0.5) is 0 Å². The van der Waals surface area contributed by atoms with Crippen molar-refractivity contribution in [3.63, 3.8) is 0 Å². The van der Waals surface area contributed by atoms with E-state index in [9.17, 15) is 0 Å². The van der Waals surface area contributed by atoms with Crippen LogP contribution in [-0.2, 0) is 0 Å². The number of hydrogen-bond donors (Lipinski definition) is 2. The molecule has 3 N–H and O–H groups in total. The molecule has 0 aromatic carbocycles. The van der Waals surface area contributed by atoms with Gasteiger partial charge in [-0.25, -0.2) is 0 Å². The fraction of sp³-hybridized carbons (Fsp3) is 0.867. The summed E-state index contributed by atoms with van der Waals surface area (Å²) in [6.07, 6.45) is 13.9. The van der Waals surface area contributed by atoms with Crippen molar-refractivity contribution in [2.75, 3.05) is 6.54 Å². The normalized spacial score (nSPS) is 16.2. The smallest absolute Gasteiger partial charge is 0.0691 e. The summed E-state index contributed by atoms with van der Waals surface area (Å²) in [4.78, 5) is 0. The van der Waals surface area contributed by atoms with E-state index in [2.05, 4.69) is 32.0 Å². The summed E-state index contributed by atoms with van der Waals surface area (Å²) in [5, 5.41) is 3.55. The second-order valence-electron chi connectivity index (χ2n) is 5.23. The van der Waals surface area contributed by atoms with Crippen LogP contribution in [0.3, 0.4) is 0 Å². The molecule has 0 aromatic heterocycles. The Balaban J connectivity index is 4.11. The van der Waals surface area contributed by atoms with Crippen molar-refractivity contribution in [1.29, 1.82) is 0 Å². The van der Waals surface area contributed by atoms with Crippen molar-refractivity contribution in [2.24, 2.45) is 5.73 Å². The average molecular weight is 238 g/mol. The lowest BCUT2D eigenvalue weighted by Gasteiger charge is -2.32. The van der Waals surface area contributed by atoms with Gasteiger partial charge in [0, 0.05) is 12.1 Å². The lowest BCUT2D eigenvalue weighted by molar-refractivity contribution is 0.303. The zero-order valence-corrected chi connectivity index (χ0v) is 11.9. The quantitative estimate of drug-likeness (QED) is 0.453. The van der Waals surface area contributed by atoms with E-state index in [1.807, 2.05) is 0 Å². The summed E-state index contributed by atoms with van der Waals surface area (Å²) in [7, 11) is 0. The fourth-order valence-corrected chi connectivity index (χ4v) is 2.08. The van der Waals surface area contributed by atoms with Crippen LogP contribution >= 0.6 is 0 Å². The molecule has 2 unspecified atom stereocenters. The second-order valence-corrected chi connectivity index (χ2v) is 5.23. The summed E-state index contributed by atoms with van der Waals surface area (Å²) in [6.45, 7) is 7.24. The van der Waals surface area contributed by atoms with Crippen LogP contribution < -0.4 is 11.1 Å². The molecule has 0 spiro atoms. The fourth-order valence-electron chi connectivity index (χ4n) is 2.08. The van der Waals surface area contributed by atoms with Crippen molar-refractivity contribution in [2.45, 2.75) is 77.3 Å². The summed E-state index contributed by atoms with van der Waals surface area (Å²) in [5.74, 6) is 2.83. The SMILES string of the molecule is C#CC(CCC)NC(C)(CN)CCCCCC. The lowest BCUT2D eigenvalue weighted by atomic mass is 9.92. The van der Waals surface area contributed by atoms with Crippen molar-refractivity contribution in [1.82, 2.24) is 5.32 Å². The first kappa shape index (κ1) is 16.5. The molecule has 0 amide bonds. The molecule has 0 aromatic rings. The molecule has 0 saturated heterocycles. The Hall–Kier alpha value is -0.520. The minimum absolute atomic E-state index is 0.0000515. The monoisotopic (exact) mass is 238 g/mol. The summed E-state index contributed by atoms with van der Waals surface area (Å²) in [6, 6.07) is 0.166. The highest BCUT2D eigenvalue weighted by Gasteiger charge is 2.24. The van der Waals surface area contributed by atoms with Gasteiger partial charge in [-0.2, -0.15) is 0 Å². The third-order valence-corrected chi connectivity index (χ3v) is 3.33. The maximum absolute atomic E-state index is 5.89. The van der Waals surface area contributed by atoms with Crippen LogP contribution in [0.1, 0.15) is 65.7 Å². The Morgan fingerprint density at radius 1 is 1.24 bits per heavy atom. The molecule has 0 bridgehead atoms. The maximum atomic E-state index is 5.89. The highest BCUT2D eigenvalue weighted by Crippen LogP contribution is 2.16. The molecule has 100 valence electrons. The third kappa shape index (κ3) is 7.41. The summed E-state index contributed by atoms with van der Waals surface area (Å²) < 4.78 is 0. The second kappa shape index (κ2) is 9.50. The number of terminal acetylenes is 1. The standard InChI is InChI=1S/C15H30N2/c1-5-8-9-10-12-15(4,13-16)17-14(7-3)11-6-2/h3,14,17H,5-6,8-13,16H2,1-2,4H3. The van der Waals surface area contributed by atoms with Gasteiger partial charge in [-0.05, 0) is 19.8 Å². The third-order valence-electron chi connectivity index (χ3n) is 3.33. The van der Waals surface area contributed by atoms with Gasteiger partial charge >= 0.3 is 0 Å². The highest BCUT2D eigenvalue weighted by atomic mass is 15.0. The van der Waals surface area contributed by atoms with Crippen molar-refractivity contribution < 1.29 is 0 Å². The first-order chi connectivity index (χ1) is 8.11. The molecule has 0 saturated carbocycles. The van der Waals surface area contributed by atoms with E-state index in [4.69, 9.17) is 12.2 Å². The Morgan fingerprint density at radius 2 is 1.94 bits per heavy atom. The minimum Gasteiger partial charge on any atom is -0.329 e. The number of unbranched alkanes of at least 4 members (excludes halogenated alkanes) is 3. The van der Waals surface area contributed by atoms with Gasteiger partial charge in [-0.3, -0.25) is 5.32 Å². The predicted octanol–water partition coefficient (Wildman–Crippen LogP) is 3.07. The number of rotatable bonds is 10. The van der Waals surface area contributed by atoms with Gasteiger partial charge in [-0.1, -0.05) is 51.9 Å². The van der Waals surface area contributed by atoms with Crippen LogP contribution in [0.25, 0.3) is 0 Å². The van der Waals surface area contributed by atoms with E-state index in [1.165, 1.54) is 25.7 Å². The molecule has 2 heteroatoms. The Kier molecular flexibility index (Phi) is 9.21. The van der Waals surface area contributed by atoms with E-state index in [1.54, 1.807) is 0 Å². The van der Waals surface area contributed by atoms with E-state index in [0.717, 1.165) is 19.3 Å². The number of nitrogens with one attached hydrogen (secondary N) is 1. The molecule has 2 atom stereocenters. The van der Waals surface area contributed by atoms with Crippen LogP contribution in [-0.4, -0.2) is 18.1 Å². The van der Waals surface area contributed by atoms with Crippen LogP contribution in [0.15, 0.2) is 0 Å². The molecule has 0 heterocycles. The molecule has 17 heavy (non-hydrogen) atoms. The first-order valence-corrected chi connectivity index (χ1v) is 7.05. The Labute approximate surface area is 108 Å². The van der Waals surface area contributed by atoms with E-state index in [0.29, 0.717) is 6.54 Å². The van der Waals surface area contributed by atoms with E-state index in [-0.39, 0.29) is 11.6 Å². The van der Waals surface area contributed by atoms with Gasteiger partial charge in [0.2, 0.25) is 0 Å². The van der Waals surface area contributed by atoms with Gasteiger partial charge in [-0.15, -0.1) is 6.42 Å². The Bertz CT molecular complexity index is 219. The zero-order chi connectivity index (χ0) is 13.1. The van der Waals surface area contributed by atoms with Crippen molar-refractivity contribution >= 4 is 0 Å². The molecule has 2 nitrogen and oxygen atoms in total. The van der Waals surface area contributed by atoms with Crippen LogP contribution in [0.2, 0.25) is 0 Å². The van der Waals surface area contributed by atoms with Crippen molar-refractivity contribution in [3.8, 4) is 12.3 Å². The topological polar surface area (TPSA) is 38.0 Å². The predicted molar refractivity (Wildman–Crippen MR) is 76.9 cm³/mol. The van der Waals surface area contributed by atoms with Gasteiger partial charge in [0.15, 0.2) is 0 Å². The lowest BCUT2D eigenvalue weighted by Crippen LogP contribution is -2.52. The van der Waals surface area contributed by atoms with E-state index < -0.39 is 0 Å². The molecule has 0 aliphatic heterocycles. The number of hydrogen-bond acceptors (Lipinski definition) is 2. The van der Waals surface area contributed by atoms with Crippen LogP contribution in [0, 0.1) is 12.3 Å². The molecule has 0 fully saturated rings. The molecule has 0 radical (unpaired) electrons. The van der Waals surface area contributed by atoms with Crippen LogP contribution in [0.5, 0.6) is 0 Å². The first-order valence-electron chi connectivity index (χ1n) is 7.05. The number of nitrogens with two attached hydrogens (primary N) is 1. The molecule has 0 aliphatic rings.